The predicted octanol–water partition coefficient (Wildman–Crippen LogP) is 6.86. The molecule has 144 valence electrons. The molecule has 0 aliphatic carbocycles. The Morgan fingerprint density at radius 3 is 2.48 bits per heavy atom. The van der Waals surface area contributed by atoms with E-state index in [9.17, 15) is 13.2 Å². The number of amidine groups is 1. The van der Waals surface area contributed by atoms with Gasteiger partial charge >= 0.3 is 6.18 Å². The number of fused-ring (bicyclic) bond motifs is 1. The van der Waals surface area contributed by atoms with Crippen molar-refractivity contribution in [1.29, 1.82) is 0 Å². The van der Waals surface area contributed by atoms with Gasteiger partial charge in [0.05, 0.1) is 0 Å². The standard InChI is InChI=1S/C21H22BrF3N2/c1-2-3-4-5-8-18-15-20(21(23,24)25,16-10-12-17(22)13-11-16)26-19-9-6-7-14-27(18)19/h6-7,9-15H,2-5,8H2,1H3. The Morgan fingerprint density at radius 1 is 1.07 bits per heavy atom. The molecule has 0 saturated carbocycles. The monoisotopic (exact) mass is 438 g/mol. The first-order chi connectivity index (χ1) is 12.9. The first kappa shape index (κ1) is 19.9. The second kappa shape index (κ2) is 8.05. The molecule has 6 heteroatoms. The Kier molecular flexibility index (Phi) is 5.94. The van der Waals surface area contributed by atoms with Crippen LogP contribution in [0.3, 0.4) is 0 Å². The fourth-order valence-corrected chi connectivity index (χ4v) is 3.64. The zero-order chi connectivity index (χ0) is 19.5. The maximum Gasteiger partial charge on any atom is 0.421 e. The molecule has 0 bridgehead atoms. The van der Waals surface area contributed by atoms with Crippen LogP contribution in [0.2, 0.25) is 0 Å². The van der Waals surface area contributed by atoms with Crippen molar-refractivity contribution in [2.24, 2.45) is 4.99 Å². The molecule has 2 heterocycles. The molecule has 27 heavy (non-hydrogen) atoms. The van der Waals surface area contributed by atoms with Gasteiger partial charge in [0.15, 0.2) is 0 Å². The zero-order valence-corrected chi connectivity index (χ0v) is 16.7. The van der Waals surface area contributed by atoms with Crippen LogP contribution in [0, 0.1) is 0 Å². The van der Waals surface area contributed by atoms with E-state index in [1.54, 1.807) is 35.4 Å². The first-order valence-electron chi connectivity index (χ1n) is 9.16. The van der Waals surface area contributed by atoms with Crippen LogP contribution >= 0.6 is 15.9 Å². The van der Waals surface area contributed by atoms with E-state index in [-0.39, 0.29) is 5.56 Å². The molecule has 1 aromatic carbocycles. The first-order valence-corrected chi connectivity index (χ1v) is 9.95. The highest BCUT2D eigenvalue weighted by Gasteiger charge is 2.57. The van der Waals surface area contributed by atoms with Crippen molar-refractivity contribution in [3.63, 3.8) is 0 Å². The summed E-state index contributed by atoms with van der Waals surface area (Å²) in [5.74, 6) is 0.325. The summed E-state index contributed by atoms with van der Waals surface area (Å²) in [5, 5.41) is 0. The molecule has 0 N–H and O–H groups in total. The highest BCUT2D eigenvalue weighted by molar-refractivity contribution is 9.10. The van der Waals surface area contributed by atoms with Crippen molar-refractivity contribution in [3.8, 4) is 0 Å². The summed E-state index contributed by atoms with van der Waals surface area (Å²) in [4.78, 5) is 5.96. The van der Waals surface area contributed by atoms with E-state index in [0.29, 0.717) is 18.0 Å². The maximum absolute atomic E-state index is 14.3. The van der Waals surface area contributed by atoms with E-state index in [0.717, 1.165) is 30.2 Å². The van der Waals surface area contributed by atoms with E-state index in [1.807, 2.05) is 6.08 Å². The van der Waals surface area contributed by atoms with Crippen LogP contribution in [0.15, 0.2) is 69.9 Å². The minimum absolute atomic E-state index is 0.124. The number of allylic oxidation sites excluding steroid dienone is 3. The Labute approximate surface area is 166 Å². The summed E-state index contributed by atoms with van der Waals surface area (Å²) in [6.45, 7) is 2.12. The molecule has 0 fully saturated rings. The van der Waals surface area contributed by atoms with Gasteiger partial charge in [-0.25, -0.2) is 4.99 Å². The zero-order valence-electron chi connectivity index (χ0n) is 15.1. The van der Waals surface area contributed by atoms with Crippen molar-refractivity contribution in [3.05, 3.63) is 70.5 Å². The summed E-state index contributed by atoms with van der Waals surface area (Å²) in [6, 6.07) is 6.23. The Morgan fingerprint density at radius 2 is 1.81 bits per heavy atom. The number of hydrogen-bond donors (Lipinski definition) is 0. The molecule has 1 unspecified atom stereocenters. The van der Waals surface area contributed by atoms with Gasteiger partial charge in [-0.05, 0) is 48.8 Å². The van der Waals surface area contributed by atoms with Gasteiger partial charge in [-0.15, -0.1) is 0 Å². The second-order valence-corrected chi connectivity index (χ2v) is 7.67. The number of rotatable bonds is 6. The quantitative estimate of drug-likeness (QED) is 0.442. The number of halogens is 4. The Balaban J connectivity index is 2.07. The van der Waals surface area contributed by atoms with Crippen LogP contribution < -0.4 is 0 Å². The molecular formula is C21H22BrF3N2. The van der Waals surface area contributed by atoms with Gasteiger partial charge in [-0.3, -0.25) is 0 Å². The molecule has 1 aromatic rings. The van der Waals surface area contributed by atoms with Gasteiger partial charge < -0.3 is 4.90 Å². The lowest BCUT2D eigenvalue weighted by Gasteiger charge is -2.39. The molecule has 0 saturated heterocycles. The van der Waals surface area contributed by atoms with Crippen LogP contribution in [0.5, 0.6) is 0 Å². The van der Waals surface area contributed by atoms with Crippen molar-refractivity contribution < 1.29 is 13.2 Å². The summed E-state index contributed by atoms with van der Waals surface area (Å²) in [6.07, 6.45) is 8.34. The topological polar surface area (TPSA) is 15.6 Å². The van der Waals surface area contributed by atoms with Crippen molar-refractivity contribution >= 4 is 21.8 Å². The normalized spacial score (nSPS) is 21.7. The maximum atomic E-state index is 14.3. The van der Waals surface area contributed by atoms with Gasteiger partial charge in [0.1, 0.15) is 5.84 Å². The van der Waals surface area contributed by atoms with Crippen LogP contribution in [0.4, 0.5) is 13.2 Å². The smallest absolute Gasteiger partial charge is 0.306 e. The van der Waals surface area contributed by atoms with Crippen LogP contribution in [-0.2, 0) is 5.54 Å². The average Bonchev–Trinajstić information content (AvgIpc) is 2.64. The van der Waals surface area contributed by atoms with E-state index in [2.05, 4.69) is 27.8 Å². The third-order valence-electron chi connectivity index (χ3n) is 4.82. The van der Waals surface area contributed by atoms with Gasteiger partial charge in [-0.2, -0.15) is 13.2 Å². The largest absolute Gasteiger partial charge is 0.421 e. The average molecular weight is 439 g/mol. The number of unbranched alkanes of at least 4 members (excludes halogenated alkanes) is 3. The summed E-state index contributed by atoms with van der Waals surface area (Å²) >= 11 is 3.29. The lowest BCUT2D eigenvalue weighted by Crippen LogP contribution is -2.45. The van der Waals surface area contributed by atoms with Crippen molar-refractivity contribution in [1.82, 2.24) is 4.90 Å². The van der Waals surface area contributed by atoms with Gasteiger partial charge in [-0.1, -0.05) is 60.3 Å². The lowest BCUT2D eigenvalue weighted by atomic mass is 9.86. The molecule has 2 nitrogen and oxygen atoms in total. The predicted molar refractivity (Wildman–Crippen MR) is 106 cm³/mol. The second-order valence-electron chi connectivity index (χ2n) is 6.76. The van der Waals surface area contributed by atoms with Crippen molar-refractivity contribution in [2.45, 2.75) is 50.7 Å². The molecular weight excluding hydrogens is 417 g/mol. The SMILES string of the molecule is CCCCCCC1=CC(c2ccc(Br)cc2)(C(F)(F)F)N=C2C=CC=CN12. The lowest BCUT2D eigenvalue weighted by molar-refractivity contribution is -0.174. The molecule has 2 aliphatic heterocycles. The summed E-state index contributed by atoms with van der Waals surface area (Å²) in [5.41, 5.74) is -1.59. The van der Waals surface area contributed by atoms with E-state index in [1.165, 1.54) is 18.2 Å². The van der Waals surface area contributed by atoms with Crippen LogP contribution in [-0.4, -0.2) is 16.9 Å². The third kappa shape index (κ3) is 4.05. The van der Waals surface area contributed by atoms with Crippen LogP contribution in [0.25, 0.3) is 0 Å². The molecule has 2 aliphatic rings. The number of benzene rings is 1. The molecule has 0 radical (unpaired) electrons. The Bertz CT molecular complexity index is 791. The van der Waals surface area contributed by atoms with Crippen molar-refractivity contribution in [2.75, 3.05) is 0 Å². The number of aliphatic imine (C=N–C) groups is 1. The Hall–Kier alpha value is -1.82. The molecule has 0 aromatic heterocycles. The number of nitrogens with zero attached hydrogens (tertiary/aromatic N) is 2. The van der Waals surface area contributed by atoms with E-state index >= 15 is 0 Å². The van der Waals surface area contributed by atoms with Gasteiger partial charge in [0.2, 0.25) is 5.54 Å². The fourth-order valence-electron chi connectivity index (χ4n) is 3.38. The highest BCUT2D eigenvalue weighted by Crippen LogP contribution is 2.47. The molecule has 1 atom stereocenters. The summed E-state index contributed by atoms with van der Waals surface area (Å²) in [7, 11) is 0. The van der Waals surface area contributed by atoms with Crippen LogP contribution in [0.1, 0.15) is 44.6 Å². The van der Waals surface area contributed by atoms with E-state index < -0.39 is 11.7 Å². The highest BCUT2D eigenvalue weighted by atomic mass is 79.9. The number of hydrogen-bond acceptors (Lipinski definition) is 2. The third-order valence-corrected chi connectivity index (χ3v) is 5.35. The fraction of sp³-hybridized carbons (Fsp3) is 0.381. The minimum atomic E-state index is -4.54. The van der Waals surface area contributed by atoms with Gasteiger partial charge in [0, 0.05) is 16.4 Å². The minimum Gasteiger partial charge on any atom is -0.306 e. The number of alkyl halides is 3. The molecule has 3 rings (SSSR count). The summed E-state index contributed by atoms with van der Waals surface area (Å²) < 4.78 is 43.7. The van der Waals surface area contributed by atoms with Gasteiger partial charge in [0.25, 0.3) is 0 Å². The molecule has 0 spiro atoms. The molecule has 0 amide bonds. The van der Waals surface area contributed by atoms with E-state index in [4.69, 9.17) is 0 Å².